The minimum atomic E-state index is -3.86. The standard InChI is InChI=1S/C14H24N4O4S/c1-8-5-6-15-7-12(8)16-14(19)10(3)18-23(20,21)13-9(2)17-22-11(13)4/h8,10,12,15,18H,5-7H2,1-4H3,(H,16,19). The van der Waals surface area contributed by atoms with Gasteiger partial charge in [-0.25, -0.2) is 8.42 Å². The van der Waals surface area contributed by atoms with Gasteiger partial charge in [-0.15, -0.1) is 0 Å². The summed E-state index contributed by atoms with van der Waals surface area (Å²) in [5, 5.41) is 9.75. The lowest BCUT2D eigenvalue weighted by Gasteiger charge is -2.31. The first kappa shape index (κ1) is 17.9. The monoisotopic (exact) mass is 344 g/mol. The Balaban J connectivity index is 2.03. The molecule has 9 heteroatoms. The fourth-order valence-corrected chi connectivity index (χ4v) is 4.23. The van der Waals surface area contributed by atoms with Crippen molar-refractivity contribution in [2.75, 3.05) is 13.1 Å². The van der Waals surface area contributed by atoms with Crippen LogP contribution >= 0.6 is 0 Å². The molecule has 0 bridgehead atoms. The average Bonchev–Trinajstić information content (AvgIpc) is 2.80. The Hall–Kier alpha value is -1.45. The highest BCUT2D eigenvalue weighted by Crippen LogP contribution is 2.19. The maximum absolute atomic E-state index is 12.4. The van der Waals surface area contributed by atoms with Gasteiger partial charge in [0.15, 0.2) is 5.76 Å². The molecule has 8 nitrogen and oxygen atoms in total. The topological polar surface area (TPSA) is 113 Å². The van der Waals surface area contributed by atoms with E-state index in [4.69, 9.17) is 4.52 Å². The molecule has 1 aliphatic rings. The van der Waals surface area contributed by atoms with Crippen molar-refractivity contribution < 1.29 is 17.7 Å². The third-order valence-electron chi connectivity index (χ3n) is 4.12. The smallest absolute Gasteiger partial charge is 0.246 e. The van der Waals surface area contributed by atoms with Crippen LogP contribution in [0.4, 0.5) is 0 Å². The second-order valence-electron chi connectivity index (χ2n) is 6.08. The van der Waals surface area contributed by atoms with Crippen molar-refractivity contribution in [1.29, 1.82) is 0 Å². The molecule has 1 amide bonds. The first-order valence-corrected chi connectivity index (χ1v) is 9.17. The lowest BCUT2D eigenvalue weighted by Crippen LogP contribution is -2.54. The van der Waals surface area contributed by atoms with Gasteiger partial charge in [0, 0.05) is 12.6 Å². The summed E-state index contributed by atoms with van der Waals surface area (Å²) in [4.78, 5) is 12.3. The molecule has 3 unspecified atom stereocenters. The van der Waals surface area contributed by atoms with Gasteiger partial charge in [-0.3, -0.25) is 4.79 Å². The van der Waals surface area contributed by atoms with Gasteiger partial charge in [-0.05, 0) is 39.7 Å². The molecule has 1 aliphatic heterocycles. The van der Waals surface area contributed by atoms with Gasteiger partial charge in [0.05, 0.1) is 6.04 Å². The number of carbonyl (C=O) groups excluding carboxylic acids is 1. The lowest BCUT2D eigenvalue weighted by atomic mass is 9.94. The summed E-state index contributed by atoms with van der Waals surface area (Å²) < 4.78 is 32.1. The predicted molar refractivity (Wildman–Crippen MR) is 84.3 cm³/mol. The molecule has 0 spiro atoms. The highest BCUT2D eigenvalue weighted by Gasteiger charge is 2.30. The molecule has 1 aromatic heterocycles. The summed E-state index contributed by atoms with van der Waals surface area (Å²) in [6.07, 6.45) is 0.976. The van der Waals surface area contributed by atoms with Crippen LogP contribution in [0.3, 0.4) is 0 Å². The van der Waals surface area contributed by atoms with Crippen molar-refractivity contribution in [2.24, 2.45) is 5.92 Å². The third kappa shape index (κ3) is 4.10. The van der Waals surface area contributed by atoms with Crippen molar-refractivity contribution in [3.05, 3.63) is 11.5 Å². The van der Waals surface area contributed by atoms with Crippen LogP contribution in [0.1, 0.15) is 31.7 Å². The second-order valence-corrected chi connectivity index (χ2v) is 7.73. The number of nitrogens with one attached hydrogen (secondary N) is 3. The molecule has 2 heterocycles. The number of amides is 1. The van der Waals surface area contributed by atoms with Crippen molar-refractivity contribution in [3.8, 4) is 0 Å². The first-order valence-electron chi connectivity index (χ1n) is 7.68. The van der Waals surface area contributed by atoms with Gasteiger partial charge < -0.3 is 15.2 Å². The highest BCUT2D eigenvalue weighted by molar-refractivity contribution is 7.89. The van der Waals surface area contributed by atoms with E-state index in [1.54, 1.807) is 6.92 Å². The molecule has 3 N–H and O–H groups in total. The van der Waals surface area contributed by atoms with Crippen LogP contribution in [0.5, 0.6) is 0 Å². The summed E-state index contributed by atoms with van der Waals surface area (Å²) in [6, 6.07) is -0.884. The van der Waals surface area contributed by atoms with Crippen LogP contribution in [-0.2, 0) is 14.8 Å². The number of carbonyl (C=O) groups is 1. The minimum Gasteiger partial charge on any atom is -0.360 e. The Morgan fingerprint density at radius 1 is 1.43 bits per heavy atom. The summed E-state index contributed by atoms with van der Waals surface area (Å²) in [7, 11) is -3.86. The number of hydrogen-bond donors (Lipinski definition) is 3. The molecule has 23 heavy (non-hydrogen) atoms. The normalized spacial score (nSPS) is 23.5. The minimum absolute atomic E-state index is 0.00210. The summed E-state index contributed by atoms with van der Waals surface area (Å²) in [5.74, 6) is 0.208. The number of aryl methyl sites for hydroxylation is 2. The molecular formula is C14H24N4O4S. The van der Waals surface area contributed by atoms with Gasteiger partial charge in [0.25, 0.3) is 0 Å². The summed E-state index contributed by atoms with van der Waals surface area (Å²) in [5.41, 5.74) is 0.271. The third-order valence-corrected chi connectivity index (χ3v) is 5.90. The van der Waals surface area contributed by atoms with E-state index in [0.717, 1.165) is 13.0 Å². The number of nitrogens with zero attached hydrogens (tertiary/aromatic N) is 1. The Labute approximate surface area is 136 Å². The molecule has 1 aromatic rings. The maximum atomic E-state index is 12.4. The molecule has 1 fully saturated rings. The van der Waals surface area contributed by atoms with Crippen LogP contribution in [-0.4, -0.2) is 44.7 Å². The quantitative estimate of drug-likeness (QED) is 0.697. The highest BCUT2D eigenvalue weighted by atomic mass is 32.2. The van der Waals surface area contributed by atoms with Gasteiger partial charge in [0.1, 0.15) is 10.6 Å². The molecule has 130 valence electrons. The fraction of sp³-hybridized carbons (Fsp3) is 0.714. The van der Waals surface area contributed by atoms with Crippen LogP contribution in [0, 0.1) is 19.8 Å². The zero-order chi connectivity index (χ0) is 17.2. The molecule has 2 rings (SSSR count). The van der Waals surface area contributed by atoms with Crippen molar-refractivity contribution in [1.82, 2.24) is 20.5 Å². The van der Waals surface area contributed by atoms with Crippen LogP contribution < -0.4 is 15.4 Å². The number of piperidine rings is 1. The van der Waals surface area contributed by atoms with E-state index in [1.165, 1.54) is 13.8 Å². The zero-order valence-corrected chi connectivity index (χ0v) is 14.7. The number of hydrogen-bond acceptors (Lipinski definition) is 6. The molecule has 0 saturated carbocycles. The summed E-state index contributed by atoms with van der Waals surface area (Å²) >= 11 is 0. The molecule has 0 radical (unpaired) electrons. The van der Waals surface area contributed by atoms with E-state index in [0.29, 0.717) is 12.5 Å². The van der Waals surface area contributed by atoms with E-state index in [1.807, 2.05) is 0 Å². The molecule has 0 aromatic carbocycles. The van der Waals surface area contributed by atoms with Crippen molar-refractivity contribution in [3.63, 3.8) is 0 Å². The molecular weight excluding hydrogens is 320 g/mol. The van der Waals surface area contributed by atoms with Crippen LogP contribution in [0.15, 0.2) is 9.42 Å². The SMILES string of the molecule is Cc1noc(C)c1S(=O)(=O)NC(C)C(=O)NC1CNCCC1C. The van der Waals surface area contributed by atoms with Gasteiger partial charge in [0.2, 0.25) is 15.9 Å². The Morgan fingerprint density at radius 2 is 2.13 bits per heavy atom. The predicted octanol–water partition coefficient (Wildman–Crippen LogP) is 0.0724. The van der Waals surface area contributed by atoms with E-state index in [-0.39, 0.29) is 28.3 Å². The maximum Gasteiger partial charge on any atom is 0.246 e. The number of sulfonamides is 1. The number of aromatic nitrogens is 1. The van der Waals surface area contributed by atoms with Crippen molar-refractivity contribution in [2.45, 2.75) is 51.1 Å². The number of rotatable bonds is 5. The van der Waals surface area contributed by atoms with E-state index < -0.39 is 16.1 Å². The molecule has 0 aliphatic carbocycles. The Kier molecular flexibility index (Phi) is 5.43. The van der Waals surface area contributed by atoms with Gasteiger partial charge >= 0.3 is 0 Å². The van der Waals surface area contributed by atoms with Crippen LogP contribution in [0.25, 0.3) is 0 Å². The Morgan fingerprint density at radius 3 is 2.70 bits per heavy atom. The molecule has 1 saturated heterocycles. The van der Waals surface area contributed by atoms with Gasteiger partial charge in [-0.2, -0.15) is 4.72 Å². The Bertz CT molecular complexity index is 651. The fourth-order valence-electron chi connectivity index (χ4n) is 2.69. The van der Waals surface area contributed by atoms with E-state index in [9.17, 15) is 13.2 Å². The average molecular weight is 344 g/mol. The largest absolute Gasteiger partial charge is 0.360 e. The molecule has 3 atom stereocenters. The van der Waals surface area contributed by atoms with E-state index in [2.05, 4.69) is 27.4 Å². The second kappa shape index (κ2) is 6.98. The van der Waals surface area contributed by atoms with Gasteiger partial charge in [-0.1, -0.05) is 12.1 Å². The van der Waals surface area contributed by atoms with Crippen molar-refractivity contribution >= 4 is 15.9 Å². The zero-order valence-electron chi connectivity index (χ0n) is 13.8. The van der Waals surface area contributed by atoms with Crippen LogP contribution in [0.2, 0.25) is 0 Å². The van der Waals surface area contributed by atoms with E-state index >= 15 is 0 Å². The first-order chi connectivity index (χ1) is 10.7. The lowest BCUT2D eigenvalue weighted by molar-refractivity contribution is -0.123. The summed E-state index contributed by atoms with van der Waals surface area (Å²) in [6.45, 7) is 8.29.